The first-order valence-electron chi connectivity index (χ1n) is 35.3. The van der Waals surface area contributed by atoms with Gasteiger partial charge in [0.1, 0.15) is 11.1 Å². The number of imide groups is 3. The molecular formula is C86H76Cl5F12N8O17S2V2-. The Balaban J connectivity index is 0.000000551. The zero-order chi connectivity index (χ0) is 94.7. The molecule has 10 aromatic rings. The molecule has 25 nitrogen and oxygen atoms in total. The number of carbonyl (C=O) groups is 8. The second-order valence-corrected chi connectivity index (χ2v) is 34.1. The van der Waals surface area contributed by atoms with Crippen LogP contribution in [0.15, 0.2) is 204 Å². The number of nitrogens with two attached hydrogens (primary N) is 2. The smallest absolute Gasteiger partial charge is 0.399 e. The molecule has 0 saturated heterocycles. The maximum Gasteiger partial charge on any atom is 0.416 e. The van der Waals surface area contributed by atoms with Gasteiger partial charge >= 0.3 is 36.6 Å². The third-order valence-electron chi connectivity index (χ3n) is 17.9. The normalized spacial score (nSPS) is 13.0. The van der Waals surface area contributed by atoms with Gasteiger partial charge in [-0.15, -0.1) is 0 Å². The van der Waals surface area contributed by atoms with Crippen LogP contribution in [0, 0.1) is 27.2 Å². The number of nitrogens with zero attached hydrogens (tertiary/aromatic N) is 5. The van der Waals surface area contributed by atoms with E-state index in [9.17, 15) is 128 Å². The predicted octanol–water partition coefficient (Wildman–Crippen LogP) is 24.2. The minimum atomic E-state index is -4.70. The summed E-state index contributed by atoms with van der Waals surface area (Å²) in [4.78, 5) is 120. The number of carbonyl (C=O) groups excluding carboxylic acids is 8. The molecule has 0 aromatic heterocycles. The first-order valence-corrected chi connectivity index (χ1v) is 40.6. The summed E-state index contributed by atoms with van der Waals surface area (Å²) in [7, 11) is -2.58. The number of anilines is 6. The molecule has 4 heterocycles. The number of rotatable bonds is 9. The molecular weight excluding hydrogens is 1990 g/mol. The molecule has 6 amide bonds. The molecule has 4 aliphatic rings. The number of cyclic esters (lactones) is 2. The summed E-state index contributed by atoms with van der Waals surface area (Å²) in [5, 5.41) is 21.3. The summed E-state index contributed by atoms with van der Waals surface area (Å²) in [6.45, 7) is 17.1. The zero-order valence-electron chi connectivity index (χ0n) is 66.1. The van der Waals surface area contributed by atoms with Gasteiger partial charge in [0.15, 0.2) is 5.56 Å². The van der Waals surface area contributed by atoms with E-state index in [-0.39, 0.29) is 175 Å². The third-order valence-corrected chi connectivity index (χ3v) is 21.9. The quantitative estimate of drug-likeness (QED) is 0.0139. The van der Waals surface area contributed by atoms with Crippen molar-refractivity contribution < 1.29 is 160 Å². The van der Waals surface area contributed by atoms with Crippen molar-refractivity contribution in [2.75, 3.05) is 30.9 Å². The molecule has 0 bridgehead atoms. The molecule has 0 unspecified atom stereocenters. The molecule has 0 spiro atoms. The maximum absolute atomic E-state index is 13.2. The molecule has 0 atom stereocenters. The van der Waals surface area contributed by atoms with Gasteiger partial charge in [0.2, 0.25) is 0 Å². The minimum absolute atomic E-state index is 0. The summed E-state index contributed by atoms with van der Waals surface area (Å²) >= 11 is 23.6. The van der Waals surface area contributed by atoms with Gasteiger partial charge in [-0.2, -0.15) is 59.6 Å². The predicted molar refractivity (Wildman–Crippen MR) is 469 cm³/mol. The Morgan fingerprint density at radius 1 is 0.371 bits per heavy atom. The van der Waals surface area contributed by atoms with Crippen LogP contribution in [-0.2, 0) is 96.5 Å². The van der Waals surface area contributed by atoms with E-state index in [4.69, 9.17) is 68.6 Å². The van der Waals surface area contributed by atoms with Crippen LogP contribution in [0.3, 0.4) is 0 Å². The van der Waals surface area contributed by atoms with Crippen molar-refractivity contribution in [3.05, 3.63) is 319 Å². The van der Waals surface area contributed by atoms with E-state index < -0.39 is 146 Å². The monoisotopic (exact) mass is 2060 g/mol. The van der Waals surface area contributed by atoms with Crippen LogP contribution in [-0.4, -0.2) is 74.1 Å². The second kappa shape index (κ2) is 44.9. The van der Waals surface area contributed by atoms with Crippen LogP contribution in [0.5, 0.6) is 0 Å². The molecule has 14 rings (SSSR count). The number of nitro groups is 2. The van der Waals surface area contributed by atoms with Gasteiger partial charge in [0.05, 0.1) is 113 Å². The Morgan fingerprint density at radius 2 is 0.659 bits per heavy atom. The van der Waals surface area contributed by atoms with Gasteiger partial charge < -0.3 is 23.1 Å². The van der Waals surface area contributed by atoms with Gasteiger partial charge in [0.25, 0.3) is 65.9 Å². The van der Waals surface area contributed by atoms with E-state index in [0.717, 1.165) is 90.0 Å². The standard InChI is InChI=1S/C25H20ClF3N2O4S.C15H6ClF3N2O4.C15H8ClF3N2O2.C10H13ClO2S.C8H2ClNO5.C7H6F3N.C2H5.4CH4.2V/c1-24(2,3)14-7-9-17(10-8-14)36(34,35)30-19-12-11-18(26)20-21(19)23(33)31(22(20)32)16-6-4-5-15(13-16)25(27,28)29;16-9-4-5-10(21(24)25)12-11(9)13(22)20(14(12)23)8-3-1-2-7(6-8)15(17,18)19;16-9-4-5-10(20)12-11(9)13(22)21(14(12)23)8-3-1-2-7(6-8)15(17,18)19;1-10(2,3)8-4-6-9(7-5-8)14(11,12)13;9-3-1-2-4(10(13)14)6-5(3)7(11)15-8(6)12;8-7(9,10)5-2-1-3-6(11)4-5;1-2;;;;;;/h4-13,30H,1-3H3;1-6H;1-6H,20H2;4-7H,1-3H3;1-2H;1-4H,11H2;1H2,2H3;4*1H4;;/q;;;;;;-1;;;;;;. The van der Waals surface area contributed by atoms with Gasteiger partial charge in [0, 0.05) is 71.3 Å². The van der Waals surface area contributed by atoms with Gasteiger partial charge in [-0.05, 0) is 155 Å². The molecule has 704 valence electrons. The molecule has 0 fully saturated rings. The summed E-state index contributed by atoms with van der Waals surface area (Å²) in [5.41, 5.74) is 4.40. The Hall–Kier alpha value is -11.4. The number of nitro benzene ring substituents is 2. The van der Waals surface area contributed by atoms with Crippen molar-refractivity contribution in [2.24, 2.45) is 0 Å². The van der Waals surface area contributed by atoms with Crippen LogP contribution >= 0.6 is 57.1 Å². The minimum Gasteiger partial charge on any atom is -0.399 e. The molecule has 0 saturated carbocycles. The summed E-state index contributed by atoms with van der Waals surface area (Å²) in [6.07, 6.45) is -18.3. The molecule has 5 N–H and O–H groups in total. The number of alkyl halides is 12. The first kappa shape index (κ1) is 117. The van der Waals surface area contributed by atoms with Crippen LogP contribution in [0.2, 0.25) is 20.1 Å². The number of sulfonamides is 1. The van der Waals surface area contributed by atoms with E-state index in [1.54, 1.807) is 31.2 Å². The van der Waals surface area contributed by atoms with E-state index in [1.165, 1.54) is 78.9 Å². The molecule has 0 aliphatic carbocycles. The number of halogens is 17. The number of nitrogen functional groups attached to an aromatic ring is 2. The Morgan fingerprint density at radius 3 is 0.992 bits per heavy atom. The fraction of sp³-hybridized carbons (Fsp3) is 0.198. The number of nitrogens with one attached hydrogen (secondary N) is 1. The second-order valence-electron chi connectivity index (χ2n) is 28.3. The van der Waals surface area contributed by atoms with Gasteiger partial charge in [-0.25, -0.2) is 41.1 Å². The first-order chi connectivity index (χ1) is 58.2. The summed E-state index contributed by atoms with van der Waals surface area (Å²) in [5.74, 6) is -7.69. The molecule has 10 aromatic carbocycles. The zero-order valence-corrected chi connectivity index (χ0v) is 74.4. The van der Waals surface area contributed by atoms with Crippen molar-refractivity contribution in [1.29, 1.82) is 0 Å². The number of hydrogen-bond acceptors (Lipinski definition) is 19. The van der Waals surface area contributed by atoms with Crippen LogP contribution < -0.4 is 30.9 Å². The molecule has 2 radical (unpaired) electrons. The van der Waals surface area contributed by atoms with Gasteiger partial charge in [-0.3, -0.25) is 53.7 Å². The molecule has 46 heteroatoms. The SMILES string of the molecule is C.C.C.C.CC(C)(C)c1ccc(S(=O)(=O)Cl)cc1.CC(C)(C)c1ccc(S(=O)(=O)Nc2ccc(Cl)c3c2C(=O)N(c2cccc(C(F)(F)F)c2)C3=O)cc1.Nc1ccc(Cl)c2c1C(=O)N(c1cccc(C(F)(F)F)c1)C2=O.Nc1cccc(C(F)(F)F)c1.O=C1OC(=O)c2c([N+](=O)[O-])ccc(Cl)c21.O=C1c2c(Cl)ccc([N+](=O)[O-])c2C(=O)N1c1cccc(C(F)(F)F)c1.[CH2-]C.[V].[V]. The number of ether oxygens (including phenoxy) is 1. The van der Waals surface area contributed by atoms with Crippen molar-refractivity contribution in [2.45, 2.75) is 123 Å². The fourth-order valence-electron chi connectivity index (χ4n) is 11.9. The average Bonchev–Trinajstić information content (AvgIpc) is 1.59. The van der Waals surface area contributed by atoms with Crippen LogP contribution in [0.25, 0.3) is 0 Å². The Labute approximate surface area is 796 Å². The number of hydrogen-bond donors (Lipinski definition) is 3. The van der Waals surface area contributed by atoms with Crippen molar-refractivity contribution >= 4 is 169 Å². The number of fused-ring (bicyclic) bond motifs is 4. The van der Waals surface area contributed by atoms with E-state index in [0.29, 0.717) is 26.8 Å². The Bertz CT molecular complexity index is 6310. The van der Waals surface area contributed by atoms with Crippen LogP contribution in [0.4, 0.5) is 98.2 Å². The van der Waals surface area contributed by atoms with E-state index >= 15 is 0 Å². The Kier molecular flexibility index (Phi) is 39.7. The summed E-state index contributed by atoms with van der Waals surface area (Å²) in [6, 6.07) is 38.0. The van der Waals surface area contributed by atoms with E-state index in [1.807, 2.05) is 20.8 Å². The fourth-order valence-corrected chi connectivity index (χ4v) is 14.7. The number of benzene rings is 10. The maximum atomic E-state index is 13.2. The topological polar surface area (TPSA) is 374 Å². The van der Waals surface area contributed by atoms with Crippen LogP contribution in [0.1, 0.15) is 194 Å². The van der Waals surface area contributed by atoms with E-state index in [2.05, 4.69) is 37.2 Å². The average molecular weight is 2060 g/mol. The summed E-state index contributed by atoms with van der Waals surface area (Å²) < 4.78 is 207. The largest absolute Gasteiger partial charge is 0.416 e. The number of amides is 6. The molecule has 132 heavy (non-hydrogen) atoms. The van der Waals surface area contributed by atoms with Crippen molar-refractivity contribution in [3.8, 4) is 0 Å². The third kappa shape index (κ3) is 26.3. The van der Waals surface area contributed by atoms with Crippen molar-refractivity contribution in [3.63, 3.8) is 0 Å². The van der Waals surface area contributed by atoms with Gasteiger partial charge in [-0.1, -0.05) is 166 Å². The number of esters is 2. The van der Waals surface area contributed by atoms with Crippen molar-refractivity contribution in [1.82, 2.24) is 0 Å². The molecule has 4 aliphatic heterocycles.